The molecular weight excluding hydrogens is 309 g/mol. The normalized spacial score (nSPS) is 15.6. The van der Waals surface area contributed by atoms with Crippen LogP contribution in [0, 0.1) is 11.3 Å². The summed E-state index contributed by atoms with van der Waals surface area (Å²) < 4.78 is 0. The minimum atomic E-state index is -0.493. The Morgan fingerprint density at radius 1 is 1.33 bits per heavy atom. The number of rotatable bonds is 4. The van der Waals surface area contributed by atoms with Crippen LogP contribution in [0.5, 0.6) is 0 Å². The lowest BCUT2D eigenvalue weighted by Gasteiger charge is -2.10. The number of nitriles is 1. The fourth-order valence-corrected chi connectivity index (χ4v) is 2.68. The molecule has 4 nitrogen and oxygen atoms in total. The number of carbonyl (C=O) groups is 1. The minimum Gasteiger partial charge on any atom is -0.387 e. The number of hydrogen-bond acceptors (Lipinski definition) is 3. The van der Waals surface area contributed by atoms with Gasteiger partial charge in [0.05, 0.1) is 10.7 Å². The molecule has 0 aliphatic heterocycles. The van der Waals surface area contributed by atoms with Crippen molar-refractivity contribution in [2.75, 3.05) is 5.32 Å². The van der Waals surface area contributed by atoms with E-state index in [0.29, 0.717) is 21.8 Å². The SMILES string of the molecule is N#C/C(=C/NC1CCCC1)C(=O)Nc1ccc(Cl)cc1Cl. The highest BCUT2D eigenvalue weighted by molar-refractivity contribution is 6.36. The number of anilines is 1. The van der Waals surface area contributed by atoms with Crippen LogP contribution in [0.25, 0.3) is 0 Å². The monoisotopic (exact) mass is 323 g/mol. The Kier molecular flexibility index (Phi) is 5.49. The van der Waals surface area contributed by atoms with Gasteiger partial charge in [-0.3, -0.25) is 4.79 Å². The van der Waals surface area contributed by atoms with Gasteiger partial charge in [-0.05, 0) is 31.0 Å². The first-order valence-electron chi connectivity index (χ1n) is 6.73. The van der Waals surface area contributed by atoms with Gasteiger partial charge >= 0.3 is 0 Å². The van der Waals surface area contributed by atoms with Crippen LogP contribution in [-0.2, 0) is 4.79 Å². The van der Waals surface area contributed by atoms with Gasteiger partial charge in [0.2, 0.25) is 0 Å². The second-order valence-electron chi connectivity index (χ2n) is 4.90. The van der Waals surface area contributed by atoms with E-state index in [1.807, 2.05) is 6.07 Å². The standard InChI is InChI=1S/C15H15Cl2N3O/c16-11-5-6-14(13(17)7-11)20-15(21)10(8-18)9-19-12-3-1-2-4-12/h5-7,9,12,19H,1-4H2,(H,20,21)/b10-9-. The number of nitrogens with one attached hydrogen (secondary N) is 2. The molecule has 2 N–H and O–H groups in total. The highest BCUT2D eigenvalue weighted by Gasteiger charge is 2.15. The lowest BCUT2D eigenvalue weighted by molar-refractivity contribution is -0.112. The van der Waals surface area contributed by atoms with Gasteiger partial charge in [-0.2, -0.15) is 5.26 Å². The van der Waals surface area contributed by atoms with Gasteiger partial charge in [0, 0.05) is 17.3 Å². The largest absolute Gasteiger partial charge is 0.387 e. The third kappa shape index (κ3) is 4.38. The lowest BCUT2D eigenvalue weighted by Crippen LogP contribution is -2.23. The Morgan fingerprint density at radius 3 is 2.67 bits per heavy atom. The molecule has 0 heterocycles. The summed E-state index contributed by atoms with van der Waals surface area (Å²) in [5.74, 6) is -0.493. The first-order valence-corrected chi connectivity index (χ1v) is 7.48. The molecule has 0 unspecified atom stereocenters. The van der Waals surface area contributed by atoms with Gasteiger partial charge in [-0.1, -0.05) is 36.0 Å². The summed E-state index contributed by atoms with van der Waals surface area (Å²) in [6.45, 7) is 0. The maximum atomic E-state index is 12.1. The highest BCUT2D eigenvalue weighted by Crippen LogP contribution is 2.25. The van der Waals surface area contributed by atoms with E-state index in [-0.39, 0.29) is 5.57 Å². The van der Waals surface area contributed by atoms with Gasteiger partial charge < -0.3 is 10.6 Å². The minimum absolute atomic E-state index is 0.0212. The van der Waals surface area contributed by atoms with Crippen LogP contribution >= 0.6 is 23.2 Å². The van der Waals surface area contributed by atoms with Crippen molar-refractivity contribution in [1.29, 1.82) is 5.26 Å². The Bertz CT molecular complexity index is 601. The summed E-state index contributed by atoms with van der Waals surface area (Å²) in [6, 6.07) is 6.99. The van der Waals surface area contributed by atoms with Crippen LogP contribution in [-0.4, -0.2) is 11.9 Å². The van der Waals surface area contributed by atoms with E-state index in [0.717, 1.165) is 12.8 Å². The average Bonchev–Trinajstić information content (AvgIpc) is 2.96. The van der Waals surface area contributed by atoms with Crippen molar-refractivity contribution in [3.8, 4) is 6.07 Å². The lowest BCUT2D eigenvalue weighted by atomic mass is 10.2. The van der Waals surface area contributed by atoms with Gasteiger partial charge in [0.1, 0.15) is 11.6 Å². The molecule has 6 heteroatoms. The van der Waals surface area contributed by atoms with Gasteiger partial charge in [-0.25, -0.2) is 0 Å². The predicted molar refractivity (Wildman–Crippen MR) is 84.2 cm³/mol. The Balaban J connectivity index is 2.02. The first kappa shape index (κ1) is 15.7. The fourth-order valence-electron chi connectivity index (χ4n) is 2.22. The number of nitrogens with zero attached hydrogens (tertiary/aromatic N) is 1. The molecule has 1 aromatic rings. The molecule has 1 saturated carbocycles. The summed E-state index contributed by atoms with van der Waals surface area (Å²) in [5.41, 5.74) is 0.445. The van der Waals surface area contributed by atoms with Gasteiger partial charge in [0.25, 0.3) is 5.91 Å². The number of hydrogen-bond donors (Lipinski definition) is 2. The molecule has 0 bridgehead atoms. The highest BCUT2D eigenvalue weighted by atomic mass is 35.5. The Labute approximate surface area is 133 Å². The zero-order chi connectivity index (χ0) is 15.2. The van der Waals surface area contributed by atoms with Crippen LogP contribution < -0.4 is 10.6 Å². The molecule has 1 aromatic carbocycles. The third-order valence-electron chi connectivity index (χ3n) is 3.36. The molecule has 0 saturated heterocycles. The van der Waals surface area contributed by atoms with Crippen LogP contribution in [0.1, 0.15) is 25.7 Å². The summed E-state index contributed by atoms with van der Waals surface area (Å²) in [4.78, 5) is 12.1. The molecule has 0 spiro atoms. The summed E-state index contributed by atoms with van der Waals surface area (Å²) in [6.07, 6.45) is 5.98. The molecular formula is C15H15Cl2N3O. The quantitative estimate of drug-likeness (QED) is 0.653. The van der Waals surface area contributed by atoms with Crippen molar-refractivity contribution in [2.24, 2.45) is 0 Å². The van der Waals surface area contributed by atoms with Crippen LogP contribution in [0.15, 0.2) is 30.0 Å². The van der Waals surface area contributed by atoms with E-state index in [4.69, 9.17) is 28.5 Å². The second-order valence-corrected chi connectivity index (χ2v) is 5.74. The fraction of sp³-hybridized carbons (Fsp3) is 0.333. The average molecular weight is 324 g/mol. The van der Waals surface area contributed by atoms with Crippen LogP contribution in [0.4, 0.5) is 5.69 Å². The van der Waals surface area contributed by atoms with E-state index in [1.165, 1.54) is 25.1 Å². The molecule has 1 amide bonds. The smallest absolute Gasteiger partial charge is 0.267 e. The molecule has 0 radical (unpaired) electrons. The van der Waals surface area contributed by atoms with Crippen LogP contribution in [0.2, 0.25) is 10.0 Å². The third-order valence-corrected chi connectivity index (χ3v) is 3.91. The molecule has 0 atom stereocenters. The molecule has 1 fully saturated rings. The van der Waals surface area contributed by atoms with Crippen molar-refractivity contribution in [1.82, 2.24) is 5.32 Å². The summed E-state index contributed by atoms with van der Waals surface area (Å²) in [5, 5.41) is 15.6. The van der Waals surface area contributed by atoms with Crippen molar-refractivity contribution in [2.45, 2.75) is 31.7 Å². The van der Waals surface area contributed by atoms with Crippen molar-refractivity contribution < 1.29 is 4.79 Å². The summed E-state index contributed by atoms with van der Waals surface area (Å²) in [7, 11) is 0. The number of halogens is 2. The van der Waals surface area contributed by atoms with Crippen LogP contribution in [0.3, 0.4) is 0 Å². The zero-order valence-corrected chi connectivity index (χ0v) is 12.8. The molecule has 21 heavy (non-hydrogen) atoms. The van der Waals surface area contributed by atoms with E-state index >= 15 is 0 Å². The molecule has 1 aliphatic rings. The second kappa shape index (κ2) is 7.35. The summed E-state index contributed by atoms with van der Waals surface area (Å²) >= 11 is 11.8. The number of carbonyl (C=O) groups excluding carboxylic acids is 1. The molecule has 1 aliphatic carbocycles. The zero-order valence-electron chi connectivity index (χ0n) is 11.3. The van der Waals surface area contributed by atoms with E-state index in [2.05, 4.69) is 10.6 Å². The number of amides is 1. The maximum absolute atomic E-state index is 12.1. The maximum Gasteiger partial charge on any atom is 0.267 e. The van der Waals surface area contributed by atoms with E-state index < -0.39 is 5.91 Å². The van der Waals surface area contributed by atoms with E-state index in [1.54, 1.807) is 12.1 Å². The molecule has 0 aromatic heterocycles. The molecule has 2 rings (SSSR count). The Hall–Kier alpha value is -1.70. The van der Waals surface area contributed by atoms with Gasteiger partial charge in [-0.15, -0.1) is 0 Å². The predicted octanol–water partition coefficient (Wildman–Crippen LogP) is 3.87. The molecule has 110 valence electrons. The topological polar surface area (TPSA) is 64.9 Å². The number of benzene rings is 1. The first-order chi connectivity index (χ1) is 10.1. The van der Waals surface area contributed by atoms with E-state index in [9.17, 15) is 4.79 Å². The Morgan fingerprint density at radius 2 is 2.05 bits per heavy atom. The van der Waals surface area contributed by atoms with Crippen molar-refractivity contribution >= 4 is 34.8 Å². The van der Waals surface area contributed by atoms with Crippen molar-refractivity contribution in [3.05, 3.63) is 40.0 Å². The van der Waals surface area contributed by atoms with Gasteiger partial charge in [0.15, 0.2) is 0 Å². The van der Waals surface area contributed by atoms with Crippen molar-refractivity contribution in [3.63, 3.8) is 0 Å².